The highest BCUT2D eigenvalue weighted by Gasteiger charge is 2.39. The Morgan fingerprint density at radius 3 is 2.25 bits per heavy atom. The van der Waals surface area contributed by atoms with Crippen molar-refractivity contribution >= 4 is 12.6 Å². The Morgan fingerprint density at radius 2 is 1.80 bits per heavy atom. The molecule has 0 aromatic heterocycles. The second kappa shape index (κ2) is 6.28. The molecule has 7 heteroatoms. The number of azide groups is 1. The first-order valence-electron chi connectivity index (χ1n) is 6.35. The third-order valence-corrected chi connectivity index (χ3v) is 3.46. The highest BCUT2D eigenvalue weighted by molar-refractivity contribution is 6.60. The number of hydrogen-bond donors (Lipinski definition) is 2. The molecule has 1 aromatic carbocycles. The first-order valence-corrected chi connectivity index (χ1v) is 6.35. The molecule has 108 valence electrons. The molecule has 6 nitrogen and oxygen atoms in total. The molecule has 0 aliphatic carbocycles. The minimum absolute atomic E-state index is 0.267. The normalized spacial score (nSPS) is 11.9. The van der Waals surface area contributed by atoms with Crippen LogP contribution >= 0.6 is 0 Å². The van der Waals surface area contributed by atoms with Crippen molar-refractivity contribution in [3.8, 4) is 0 Å². The van der Waals surface area contributed by atoms with Crippen LogP contribution in [0.25, 0.3) is 10.4 Å². The Morgan fingerprint density at radius 1 is 1.25 bits per heavy atom. The van der Waals surface area contributed by atoms with Crippen LogP contribution in [-0.4, -0.2) is 28.5 Å². The molecule has 0 aliphatic heterocycles. The van der Waals surface area contributed by atoms with Crippen molar-refractivity contribution in [3.05, 3.63) is 40.3 Å². The number of aliphatic hydroxyl groups is 1. The Labute approximate surface area is 119 Å². The van der Waals surface area contributed by atoms with Crippen LogP contribution in [0.4, 0.5) is 0 Å². The van der Waals surface area contributed by atoms with Crippen LogP contribution in [0, 0.1) is 0 Å². The van der Waals surface area contributed by atoms with Gasteiger partial charge in [-0.2, -0.15) is 0 Å². The molecule has 0 heterocycles. The van der Waals surface area contributed by atoms with Crippen molar-refractivity contribution in [3.63, 3.8) is 0 Å². The fourth-order valence-corrected chi connectivity index (χ4v) is 1.39. The monoisotopic (exact) mass is 277 g/mol. The number of rotatable bonds is 6. The van der Waals surface area contributed by atoms with E-state index in [1.54, 1.807) is 52.0 Å². The molecule has 20 heavy (non-hydrogen) atoms. The highest BCUT2D eigenvalue weighted by Crippen LogP contribution is 2.25. The quantitative estimate of drug-likeness (QED) is 0.358. The largest absolute Gasteiger partial charge is 0.491 e. The van der Waals surface area contributed by atoms with Crippen LogP contribution < -0.4 is 5.46 Å². The lowest BCUT2D eigenvalue weighted by atomic mass is 9.76. The van der Waals surface area contributed by atoms with E-state index in [1.807, 2.05) is 0 Å². The number of benzene rings is 1. The first kappa shape index (κ1) is 16.5. The van der Waals surface area contributed by atoms with E-state index in [0.29, 0.717) is 5.46 Å². The lowest BCUT2D eigenvalue weighted by molar-refractivity contribution is -0.0982. The Hall–Kier alpha value is -1.53. The third-order valence-electron chi connectivity index (χ3n) is 3.46. The van der Waals surface area contributed by atoms with E-state index < -0.39 is 18.3 Å². The summed E-state index contributed by atoms with van der Waals surface area (Å²) in [6.45, 7) is 6.95. The first-order chi connectivity index (χ1) is 9.17. The van der Waals surface area contributed by atoms with Crippen molar-refractivity contribution in [1.82, 2.24) is 0 Å². The maximum absolute atomic E-state index is 10.1. The zero-order valence-corrected chi connectivity index (χ0v) is 12.2. The molecule has 1 rings (SSSR count). The fraction of sp³-hybridized carbons (Fsp3) is 0.538. The molecule has 0 atom stereocenters. The van der Waals surface area contributed by atoms with Gasteiger partial charge in [-0.05, 0) is 44.3 Å². The van der Waals surface area contributed by atoms with Crippen molar-refractivity contribution < 1.29 is 14.8 Å². The van der Waals surface area contributed by atoms with Crippen LogP contribution in [0.2, 0.25) is 0 Å². The van der Waals surface area contributed by atoms with Gasteiger partial charge in [0.2, 0.25) is 0 Å². The lowest BCUT2D eigenvalue weighted by Crippen LogP contribution is -2.53. The molecule has 2 N–H and O–H groups in total. The summed E-state index contributed by atoms with van der Waals surface area (Å²) < 4.78 is 5.53. The highest BCUT2D eigenvalue weighted by atomic mass is 16.5. The van der Waals surface area contributed by atoms with Gasteiger partial charge in [0.1, 0.15) is 0 Å². The summed E-state index contributed by atoms with van der Waals surface area (Å²) in [5.41, 5.74) is 7.68. The summed E-state index contributed by atoms with van der Waals surface area (Å²) in [5, 5.41) is 23.5. The number of hydrogen-bond acceptors (Lipinski definition) is 4. The van der Waals surface area contributed by atoms with E-state index in [9.17, 15) is 10.1 Å². The zero-order chi connectivity index (χ0) is 15.4. The molecular weight excluding hydrogens is 257 g/mol. The topological polar surface area (TPSA) is 98.5 Å². The second-order valence-electron chi connectivity index (χ2n) is 5.67. The maximum Gasteiger partial charge on any atom is 0.491 e. The van der Waals surface area contributed by atoms with Gasteiger partial charge in [-0.15, -0.1) is 0 Å². The van der Waals surface area contributed by atoms with E-state index in [1.165, 1.54) is 0 Å². The van der Waals surface area contributed by atoms with E-state index in [-0.39, 0.29) is 6.54 Å². The fourth-order valence-electron chi connectivity index (χ4n) is 1.39. The summed E-state index contributed by atoms with van der Waals surface area (Å²) in [7, 11) is -1.13. The Balaban J connectivity index is 2.78. The van der Waals surface area contributed by atoms with E-state index >= 15 is 0 Å². The van der Waals surface area contributed by atoms with Crippen LogP contribution in [-0.2, 0) is 11.2 Å². The predicted molar refractivity (Wildman–Crippen MR) is 78.4 cm³/mol. The number of nitrogens with zero attached hydrogens (tertiary/aromatic N) is 3. The molecule has 0 amide bonds. The molecule has 0 spiro atoms. The van der Waals surface area contributed by atoms with Gasteiger partial charge in [-0.25, -0.2) is 0 Å². The van der Waals surface area contributed by atoms with Crippen molar-refractivity contribution in [2.75, 3.05) is 0 Å². The minimum Gasteiger partial charge on any atom is -0.423 e. The second-order valence-corrected chi connectivity index (χ2v) is 5.67. The SMILES string of the molecule is CC(C)(O)C(C)(C)OB(O)c1ccc(CN=[N+]=[N-])cc1. The van der Waals surface area contributed by atoms with Crippen molar-refractivity contribution in [1.29, 1.82) is 0 Å². The maximum atomic E-state index is 10.1. The van der Waals surface area contributed by atoms with Gasteiger partial charge < -0.3 is 14.8 Å². The molecule has 0 unspecified atom stereocenters. The summed E-state index contributed by atoms with van der Waals surface area (Å²) in [5.74, 6) is 0. The van der Waals surface area contributed by atoms with Crippen LogP contribution in [0.5, 0.6) is 0 Å². The van der Waals surface area contributed by atoms with Crippen LogP contribution in [0.1, 0.15) is 33.3 Å². The summed E-state index contributed by atoms with van der Waals surface area (Å²) >= 11 is 0. The van der Waals surface area contributed by atoms with Gasteiger partial charge >= 0.3 is 7.12 Å². The van der Waals surface area contributed by atoms with Crippen molar-refractivity contribution in [2.45, 2.75) is 45.4 Å². The molecule has 0 aliphatic rings. The molecule has 1 aromatic rings. The van der Waals surface area contributed by atoms with Gasteiger partial charge in [0.05, 0.1) is 17.7 Å². The average Bonchev–Trinajstić information content (AvgIpc) is 2.35. The summed E-state index contributed by atoms with van der Waals surface area (Å²) in [4.78, 5) is 2.69. The van der Waals surface area contributed by atoms with Crippen LogP contribution in [0.15, 0.2) is 29.4 Å². The Bertz CT molecular complexity index is 491. The van der Waals surface area contributed by atoms with Crippen molar-refractivity contribution in [2.24, 2.45) is 5.11 Å². The zero-order valence-electron chi connectivity index (χ0n) is 12.2. The summed E-state index contributed by atoms with van der Waals surface area (Å²) in [6, 6.07) is 6.92. The van der Waals surface area contributed by atoms with Gasteiger partial charge in [-0.3, -0.25) is 0 Å². The molecule has 0 saturated heterocycles. The molecule has 0 bridgehead atoms. The van der Waals surface area contributed by atoms with Gasteiger partial charge in [0.25, 0.3) is 0 Å². The minimum atomic E-state index is -1.13. The van der Waals surface area contributed by atoms with Gasteiger partial charge in [0.15, 0.2) is 0 Å². The van der Waals surface area contributed by atoms with Gasteiger partial charge in [-0.1, -0.05) is 29.4 Å². The Kier molecular flexibility index (Phi) is 5.19. The third kappa shape index (κ3) is 4.25. The average molecular weight is 277 g/mol. The van der Waals surface area contributed by atoms with Gasteiger partial charge in [0, 0.05) is 4.91 Å². The molecular formula is C13H20BN3O3. The van der Waals surface area contributed by atoms with E-state index in [2.05, 4.69) is 10.0 Å². The predicted octanol–water partition coefficient (Wildman–Crippen LogP) is 1.75. The molecule has 0 saturated carbocycles. The van der Waals surface area contributed by atoms with E-state index in [0.717, 1.165) is 5.56 Å². The van der Waals surface area contributed by atoms with Crippen LogP contribution in [0.3, 0.4) is 0 Å². The standard InChI is InChI=1S/C13H20BN3O3/c1-12(2,18)13(3,4)20-14(19)11-7-5-10(6-8-11)9-16-17-15/h5-8,18-19H,9H2,1-4H3. The lowest BCUT2D eigenvalue weighted by Gasteiger charge is -2.38. The molecule has 0 fully saturated rings. The van der Waals surface area contributed by atoms with E-state index in [4.69, 9.17) is 10.2 Å². The molecule has 0 radical (unpaired) electrons. The summed E-state index contributed by atoms with van der Waals surface area (Å²) in [6.07, 6.45) is 0. The smallest absolute Gasteiger partial charge is 0.423 e.